The van der Waals surface area contributed by atoms with Crippen LogP contribution in [0.3, 0.4) is 0 Å². The largest absolute Gasteiger partial charge is 0.456 e. The van der Waals surface area contributed by atoms with Gasteiger partial charge in [-0.15, -0.1) is 0 Å². The Labute approximate surface area is 265 Å². The van der Waals surface area contributed by atoms with Crippen molar-refractivity contribution in [3.8, 4) is 44.9 Å². The zero-order valence-corrected chi connectivity index (χ0v) is 24.9. The van der Waals surface area contributed by atoms with Crippen LogP contribution in [0.4, 0.5) is 0 Å². The average molecular weight is 587 g/mol. The first-order chi connectivity index (χ1) is 22.8. The van der Waals surface area contributed by atoms with E-state index in [1.807, 2.05) is 24.3 Å². The molecule has 0 N–H and O–H groups in total. The summed E-state index contributed by atoms with van der Waals surface area (Å²) >= 11 is 0. The van der Waals surface area contributed by atoms with Gasteiger partial charge in [-0.25, -0.2) is 9.97 Å². The highest BCUT2D eigenvalue weighted by Gasteiger charge is 2.22. The zero-order valence-electron chi connectivity index (χ0n) is 24.9. The van der Waals surface area contributed by atoms with E-state index in [1.165, 1.54) is 44.2 Å². The van der Waals surface area contributed by atoms with Gasteiger partial charge in [0, 0.05) is 27.3 Å². The Morgan fingerprint density at radius 1 is 0.478 bits per heavy atom. The first-order valence-corrected chi connectivity index (χ1v) is 15.7. The highest BCUT2D eigenvalue weighted by molar-refractivity contribution is 6.07. The van der Waals surface area contributed by atoms with E-state index in [4.69, 9.17) is 14.4 Å². The van der Waals surface area contributed by atoms with Crippen molar-refractivity contribution in [2.75, 3.05) is 0 Å². The topological polar surface area (TPSA) is 38.9 Å². The van der Waals surface area contributed by atoms with Gasteiger partial charge in [0.25, 0.3) is 0 Å². The second kappa shape index (κ2) is 9.72. The number of benzene rings is 7. The molecule has 10 rings (SSSR count). The van der Waals surface area contributed by atoms with Gasteiger partial charge in [0.15, 0.2) is 5.82 Å². The minimum absolute atomic E-state index is 0.683. The van der Waals surface area contributed by atoms with Crippen LogP contribution in [0, 0.1) is 0 Å². The molecule has 0 aliphatic heterocycles. The lowest BCUT2D eigenvalue weighted by Gasteiger charge is -2.14. The molecule has 0 saturated carbocycles. The Balaban J connectivity index is 1.14. The van der Waals surface area contributed by atoms with Crippen LogP contribution >= 0.6 is 0 Å². The first-order valence-electron chi connectivity index (χ1n) is 15.7. The molecule has 0 spiro atoms. The maximum atomic E-state index is 6.21. The third-order valence-electron chi connectivity index (χ3n) is 9.52. The number of fused-ring (bicyclic) bond motifs is 9. The summed E-state index contributed by atoms with van der Waals surface area (Å²) < 4.78 is 6.21. The third-order valence-corrected chi connectivity index (χ3v) is 9.52. The predicted octanol–water partition coefficient (Wildman–Crippen LogP) is 11.3. The normalized spacial score (nSPS) is 12.3. The molecule has 0 unspecified atom stereocenters. The van der Waals surface area contributed by atoms with Gasteiger partial charge in [-0.05, 0) is 80.9 Å². The second-order valence-corrected chi connectivity index (χ2v) is 12.1. The number of rotatable bonds is 3. The fourth-order valence-corrected chi connectivity index (χ4v) is 7.38. The van der Waals surface area contributed by atoms with E-state index in [1.54, 1.807) is 0 Å². The average Bonchev–Trinajstić information content (AvgIpc) is 3.69. The first kappa shape index (κ1) is 25.3. The summed E-state index contributed by atoms with van der Waals surface area (Å²) in [6.07, 6.45) is 0.953. The van der Waals surface area contributed by atoms with Gasteiger partial charge in [-0.1, -0.05) is 115 Å². The van der Waals surface area contributed by atoms with Crippen LogP contribution in [0.25, 0.3) is 88.5 Å². The molecule has 46 heavy (non-hydrogen) atoms. The number of aromatic nitrogens is 2. The molecule has 3 nitrogen and oxygen atoms in total. The predicted molar refractivity (Wildman–Crippen MR) is 189 cm³/mol. The second-order valence-electron chi connectivity index (χ2n) is 12.1. The highest BCUT2D eigenvalue weighted by atomic mass is 16.3. The van der Waals surface area contributed by atoms with Gasteiger partial charge in [0.2, 0.25) is 0 Å². The van der Waals surface area contributed by atoms with E-state index < -0.39 is 0 Å². The minimum Gasteiger partial charge on any atom is -0.456 e. The lowest BCUT2D eigenvalue weighted by atomic mass is 9.91. The van der Waals surface area contributed by atoms with Gasteiger partial charge in [-0.3, -0.25) is 0 Å². The van der Waals surface area contributed by atoms with E-state index in [0.29, 0.717) is 5.82 Å². The summed E-state index contributed by atoms with van der Waals surface area (Å²) in [7, 11) is 0. The fraction of sp³-hybridized carbons (Fsp3) is 0.0233. The summed E-state index contributed by atoms with van der Waals surface area (Å²) in [5, 5.41) is 5.84. The van der Waals surface area contributed by atoms with Crippen LogP contribution in [0.1, 0.15) is 11.1 Å². The molecule has 2 heterocycles. The number of nitrogens with zero attached hydrogens (tertiary/aromatic N) is 2. The maximum Gasteiger partial charge on any atom is 0.160 e. The van der Waals surface area contributed by atoms with E-state index in [9.17, 15) is 0 Å². The molecular weight excluding hydrogens is 560 g/mol. The maximum absolute atomic E-state index is 6.21. The van der Waals surface area contributed by atoms with Crippen LogP contribution in [0.2, 0.25) is 0 Å². The molecule has 0 saturated heterocycles. The molecular formula is C43H26N2O. The molecule has 0 atom stereocenters. The number of para-hydroxylation sites is 2. The van der Waals surface area contributed by atoms with Gasteiger partial charge >= 0.3 is 0 Å². The van der Waals surface area contributed by atoms with Gasteiger partial charge in [0.1, 0.15) is 11.2 Å². The molecule has 0 amide bonds. The van der Waals surface area contributed by atoms with Crippen LogP contribution in [-0.2, 0) is 6.42 Å². The van der Waals surface area contributed by atoms with E-state index >= 15 is 0 Å². The van der Waals surface area contributed by atoms with Crippen LogP contribution in [0.15, 0.2) is 150 Å². The van der Waals surface area contributed by atoms with Crippen LogP contribution < -0.4 is 0 Å². The molecule has 2 aromatic heterocycles. The smallest absolute Gasteiger partial charge is 0.160 e. The standard InChI is InChI=1S/C43H26N2O/c1-2-13-31-28(9-1)24-37-33(31)21-19-26-10-8-16-32(41(26)37)27-11-7-12-29(23-27)42-36-15-3-5-17-38(36)44-43(45-42)30-20-22-35-34-14-4-6-18-39(34)46-40(35)25-30/h1-23,25H,24H2. The van der Waals surface area contributed by atoms with Gasteiger partial charge in [0.05, 0.1) is 11.2 Å². The Hall–Kier alpha value is -6.06. The van der Waals surface area contributed by atoms with Crippen molar-refractivity contribution in [2.45, 2.75) is 6.42 Å². The molecule has 7 aromatic carbocycles. The summed E-state index contributed by atoms with van der Waals surface area (Å²) in [6, 6.07) is 51.6. The molecule has 1 aliphatic rings. The summed E-state index contributed by atoms with van der Waals surface area (Å²) in [4.78, 5) is 10.3. The number of hydrogen-bond donors (Lipinski definition) is 0. The molecule has 9 aromatic rings. The molecule has 0 radical (unpaired) electrons. The van der Waals surface area contributed by atoms with Crippen molar-refractivity contribution in [1.82, 2.24) is 9.97 Å². The number of furan rings is 1. The zero-order chi connectivity index (χ0) is 30.2. The van der Waals surface area contributed by atoms with Crippen molar-refractivity contribution < 1.29 is 4.42 Å². The van der Waals surface area contributed by atoms with E-state index in [2.05, 4.69) is 121 Å². The summed E-state index contributed by atoms with van der Waals surface area (Å²) in [5.74, 6) is 0.683. The van der Waals surface area contributed by atoms with Crippen LogP contribution in [0.5, 0.6) is 0 Å². The monoisotopic (exact) mass is 586 g/mol. The van der Waals surface area contributed by atoms with Gasteiger partial charge < -0.3 is 4.42 Å². The van der Waals surface area contributed by atoms with E-state index in [-0.39, 0.29) is 0 Å². The van der Waals surface area contributed by atoms with Crippen molar-refractivity contribution >= 4 is 43.6 Å². The highest BCUT2D eigenvalue weighted by Crippen LogP contribution is 2.44. The number of hydrogen-bond acceptors (Lipinski definition) is 3. The fourth-order valence-electron chi connectivity index (χ4n) is 7.38. The third kappa shape index (κ3) is 3.79. The van der Waals surface area contributed by atoms with Crippen molar-refractivity contribution in [2.24, 2.45) is 0 Å². The molecule has 0 bridgehead atoms. The quantitative estimate of drug-likeness (QED) is 0.207. The Kier molecular flexibility index (Phi) is 5.34. The van der Waals surface area contributed by atoms with Crippen LogP contribution in [-0.4, -0.2) is 9.97 Å². The lowest BCUT2D eigenvalue weighted by molar-refractivity contribution is 0.669. The Morgan fingerprint density at radius 2 is 1.26 bits per heavy atom. The molecule has 1 aliphatic carbocycles. The van der Waals surface area contributed by atoms with Crippen molar-refractivity contribution in [3.63, 3.8) is 0 Å². The summed E-state index contributed by atoms with van der Waals surface area (Å²) in [5.41, 5.74) is 13.5. The van der Waals surface area contributed by atoms with E-state index in [0.717, 1.165) is 56.1 Å². The van der Waals surface area contributed by atoms with Gasteiger partial charge in [-0.2, -0.15) is 0 Å². The van der Waals surface area contributed by atoms with Crippen molar-refractivity contribution in [3.05, 3.63) is 157 Å². The Bertz CT molecular complexity index is 2680. The van der Waals surface area contributed by atoms with Crippen molar-refractivity contribution in [1.29, 1.82) is 0 Å². The molecule has 3 heteroatoms. The molecule has 214 valence electrons. The minimum atomic E-state index is 0.683. The SMILES string of the molecule is c1cc(-c2nc(-c3ccc4c(c3)oc3ccccc34)nc3ccccc23)cc(-c2cccc3ccc4c(c23)Cc2ccccc2-4)c1. The Morgan fingerprint density at radius 3 is 2.24 bits per heavy atom. The lowest BCUT2D eigenvalue weighted by Crippen LogP contribution is -1.95. The summed E-state index contributed by atoms with van der Waals surface area (Å²) in [6.45, 7) is 0. The molecule has 0 fully saturated rings.